The number of piperazine rings is 1. The van der Waals surface area contributed by atoms with Crippen molar-refractivity contribution in [3.63, 3.8) is 0 Å². The highest BCUT2D eigenvalue weighted by atomic mass is 16.5. The summed E-state index contributed by atoms with van der Waals surface area (Å²) in [6.07, 6.45) is 12.6. The first-order valence-corrected chi connectivity index (χ1v) is 17.2. The Balaban J connectivity index is 1.00. The zero-order valence-electron chi connectivity index (χ0n) is 27.9. The van der Waals surface area contributed by atoms with E-state index in [-0.39, 0.29) is 5.56 Å². The third-order valence-electron chi connectivity index (χ3n) is 9.50. The van der Waals surface area contributed by atoms with E-state index in [1.165, 1.54) is 63.7 Å². The highest BCUT2D eigenvalue weighted by molar-refractivity contribution is 5.77. The smallest absolute Gasteiger partial charge is 0.278 e. The van der Waals surface area contributed by atoms with Crippen molar-refractivity contribution in [2.75, 3.05) is 56.6 Å². The van der Waals surface area contributed by atoms with Crippen molar-refractivity contribution in [2.24, 2.45) is 5.92 Å². The van der Waals surface area contributed by atoms with Crippen LogP contribution in [0.5, 0.6) is 5.88 Å². The molecule has 1 saturated heterocycles. The van der Waals surface area contributed by atoms with E-state index >= 15 is 0 Å². The minimum Gasteiger partial charge on any atom is -0.481 e. The molecular formula is C36H49N9O2. The van der Waals surface area contributed by atoms with Crippen LogP contribution in [-0.2, 0) is 6.54 Å². The topological polar surface area (TPSA) is 105 Å². The molecule has 1 aromatic carbocycles. The van der Waals surface area contributed by atoms with Gasteiger partial charge >= 0.3 is 0 Å². The van der Waals surface area contributed by atoms with Crippen LogP contribution in [0.25, 0.3) is 16.9 Å². The van der Waals surface area contributed by atoms with E-state index in [2.05, 4.69) is 68.2 Å². The number of aromatic nitrogens is 5. The van der Waals surface area contributed by atoms with Gasteiger partial charge in [0, 0.05) is 55.9 Å². The summed E-state index contributed by atoms with van der Waals surface area (Å²) in [5.74, 6) is 2.26. The Labute approximate surface area is 277 Å². The number of allylic oxidation sites excluding steroid dienone is 1. The number of nitrogens with one attached hydrogen (secondary N) is 2. The van der Waals surface area contributed by atoms with Gasteiger partial charge in [-0.1, -0.05) is 31.9 Å². The largest absolute Gasteiger partial charge is 0.481 e. The van der Waals surface area contributed by atoms with Crippen LogP contribution in [0.15, 0.2) is 66.1 Å². The van der Waals surface area contributed by atoms with Crippen LogP contribution in [0, 0.1) is 5.92 Å². The molecule has 4 heterocycles. The van der Waals surface area contributed by atoms with Gasteiger partial charge in [-0.15, -0.1) is 6.58 Å². The first-order chi connectivity index (χ1) is 23.0. The standard InChI is InChI=1S/C36H49N9O2/c1-4-19-44-35(46)31-26-38-36(41-34(31)45(44)32-10-9-11-33(40-32)47-3)39-28-14-16-30(17-15-28)43-23-21-42(22-24-43)20-8-6-5-7-18-37-29-13-12-27(2)25-29/h4,9-11,14-17,26-27,29,37H,1,5-8,12-13,18-25H2,2-3H3,(H,38,39,41). The lowest BCUT2D eigenvalue weighted by molar-refractivity contribution is 0.252. The maximum Gasteiger partial charge on any atom is 0.278 e. The number of methoxy groups -OCH3 is 1. The van der Waals surface area contributed by atoms with E-state index in [4.69, 9.17) is 9.72 Å². The molecule has 0 spiro atoms. The monoisotopic (exact) mass is 639 g/mol. The number of anilines is 3. The molecule has 0 amide bonds. The number of ether oxygens (including phenoxy) is 1. The molecule has 1 saturated carbocycles. The zero-order valence-corrected chi connectivity index (χ0v) is 27.9. The molecule has 2 N–H and O–H groups in total. The van der Waals surface area contributed by atoms with E-state index in [1.54, 1.807) is 34.8 Å². The fourth-order valence-electron chi connectivity index (χ4n) is 6.87. The molecule has 1 aliphatic heterocycles. The molecule has 2 fully saturated rings. The van der Waals surface area contributed by atoms with Crippen LogP contribution in [-0.4, -0.2) is 81.6 Å². The average molecular weight is 640 g/mol. The Bertz CT molecular complexity index is 1670. The Morgan fingerprint density at radius 3 is 2.55 bits per heavy atom. The molecule has 2 aliphatic rings. The number of nitrogens with zero attached hydrogens (tertiary/aromatic N) is 7. The summed E-state index contributed by atoms with van der Waals surface area (Å²) in [5.41, 5.74) is 2.34. The average Bonchev–Trinajstić information content (AvgIpc) is 3.64. The normalized spacial score (nSPS) is 18.6. The molecule has 0 radical (unpaired) electrons. The Kier molecular flexibility index (Phi) is 10.8. The molecule has 11 heteroatoms. The third-order valence-corrected chi connectivity index (χ3v) is 9.50. The predicted molar refractivity (Wildman–Crippen MR) is 189 cm³/mol. The van der Waals surface area contributed by atoms with E-state index in [0.717, 1.165) is 43.8 Å². The SMILES string of the molecule is C=CCn1c(=O)c2cnc(Nc3ccc(N4CCN(CCCCCCNC5CCC(C)C5)CC4)cc3)nc2n1-c1cccc(OC)n1. The lowest BCUT2D eigenvalue weighted by atomic mass is 10.1. The second-order valence-corrected chi connectivity index (χ2v) is 12.9. The second-order valence-electron chi connectivity index (χ2n) is 12.9. The van der Waals surface area contributed by atoms with Gasteiger partial charge in [0.1, 0.15) is 5.39 Å². The molecule has 250 valence electrons. The van der Waals surface area contributed by atoms with Crippen molar-refractivity contribution in [2.45, 2.75) is 64.5 Å². The lowest BCUT2D eigenvalue weighted by Gasteiger charge is -2.36. The highest BCUT2D eigenvalue weighted by Gasteiger charge is 2.21. The van der Waals surface area contributed by atoms with Gasteiger partial charge in [-0.2, -0.15) is 9.97 Å². The summed E-state index contributed by atoms with van der Waals surface area (Å²) < 4.78 is 8.55. The van der Waals surface area contributed by atoms with Gasteiger partial charge in [0.2, 0.25) is 11.8 Å². The van der Waals surface area contributed by atoms with Crippen LogP contribution < -0.4 is 25.8 Å². The lowest BCUT2D eigenvalue weighted by Crippen LogP contribution is -2.46. The molecule has 1 aliphatic carbocycles. The molecule has 2 atom stereocenters. The fraction of sp³-hybridized carbons (Fsp3) is 0.500. The quantitative estimate of drug-likeness (QED) is 0.131. The zero-order chi connectivity index (χ0) is 32.6. The number of hydrogen-bond donors (Lipinski definition) is 2. The van der Waals surface area contributed by atoms with Crippen LogP contribution in [0.2, 0.25) is 0 Å². The summed E-state index contributed by atoms with van der Waals surface area (Å²) in [4.78, 5) is 32.0. The van der Waals surface area contributed by atoms with Crippen molar-refractivity contribution in [1.29, 1.82) is 0 Å². The van der Waals surface area contributed by atoms with Gasteiger partial charge in [-0.3, -0.25) is 9.69 Å². The molecular weight excluding hydrogens is 590 g/mol. The van der Waals surface area contributed by atoms with E-state index in [1.807, 2.05) is 12.1 Å². The van der Waals surface area contributed by atoms with Gasteiger partial charge in [0.05, 0.1) is 13.7 Å². The van der Waals surface area contributed by atoms with Gasteiger partial charge in [-0.25, -0.2) is 14.3 Å². The van der Waals surface area contributed by atoms with Gasteiger partial charge in [0.25, 0.3) is 5.56 Å². The van der Waals surface area contributed by atoms with Crippen LogP contribution in [0.4, 0.5) is 17.3 Å². The van der Waals surface area contributed by atoms with Crippen molar-refractivity contribution >= 4 is 28.4 Å². The molecule has 47 heavy (non-hydrogen) atoms. The number of rotatable bonds is 15. The Hall–Kier alpha value is -4.22. The minimum absolute atomic E-state index is 0.211. The van der Waals surface area contributed by atoms with Crippen molar-refractivity contribution in [3.05, 3.63) is 71.7 Å². The molecule has 4 aromatic rings. The van der Waals surface area contributed by atoms with Gasteiger partial charge < -0.3 is 20.3 Å². The molecule has 2 unspecified atom stereocenters. The van der Waals surface area contributed by atoms with Crippen molar-refractivity contribution in [3.8, 4) is 11.7 Å². The first kappa shape index (κ1) is 32.7. The number of unbranched alkanes of at least 4 members (excludes halogenated alkanes) is 3. The molecule has 3 aromatic heterocycles. The Morgan fingerprint density at radius 2 is 1.81 bits per heavy atom. The van der Waals surface area contributed by atoms with Gasteiger partial charge in [-0.05, 0) is 81.4 Å². The fourth-order valence-corrected chi connectivity index (χ4v) is 6.87. The van der Waals surface area contributed by atoms with E-state index in [9.17, 15) is 4.79 Å². The number of pyridine rings is 1. The summed E-state index contributed by atoms with van der Waals surface area (Å²) in [7, 11) is 1.56. The van der Waals surface area contributed by atoms with Crippen molar-refractivity contribution in [1.82, 2.24) is 34.5 Å². The summed E-state index contributed by atoms with van der Waals surface area (Å²) in [6.45, 7) is 13.1. The van der Waals surface area contributed by atoms with Crippen LogP contribution in [0.3, 0.4) is 0 Å². The van der Waals surface area contributed by atoms with Crippen LogP contribution >= 0.6 is 0 Å². The molecule has 11 nitrogen and oxygen atoms in total. The molecule has 6 rings (SSSR count). The summed E-state index contributed by atoms with van der Waals surface area (Å²) >= 11 is 0. The van der Waals surface area contributed by atoms with Crippen LogP contribution in [0.1, 0.15) is 51.9 Å². The van der Waals surface area contributed by atoms with Crippen molar-refractivity contribution < 1.29 is 4.74 Å². The maximum absolute atomic E-state index is 13.2. The first-order valence-electron chi connectivity index (χ1n) is 17.2. The van der Waals surface area contributed by atoms with E-state index < -0.39 is 0 Å². The third kappa shape index (κ3) is 8.02. The second kappa shape index (κ2) is 15.6. The van der Waals surface area contributed by atoms with Gasteiger partial charge in [0.15, 0.2) is 11.5 Å². The number of fused-ring (bicyclic) bond motifs is 1. The maximum atomic E-state index is 13.2. The summed E-state index contributed by atoms with van der Waals surface area (Å²) in [6, 6.07) is 14.6. The highest BCUT2D eigenvalue weighted by Crippen LogP contribution is 2.25. The van der Waals surface area contributed by atoms with E-state index in [0.29, 0.717) is 35.2 Å². The molecule has 0 bridgehead atoms. The number of benzene rings is 1. The predicted octanol–water partition coefficient (Wildman–Crippen LogP) is 5.38. The summed E-state index contributed by atoms with van der Waals surface area (Å²) in [5, 5.41) is 7.48. The minimum atomic E-state index is -0.211. The Morgan fingerprint density at radius 1 is 1.00 bits per heavy atom. The number of hydrogen-bond acceptors (Lipinski definition) is 9.